The molecule has 8 heteroatoms. The molecule has 35 heavy (non-hydrogen) atoms. The number of halogens is 3. The third-order valence-corrected chi connectivity index (χ3v) is 7.74. The number of benzene rings is 2. The van der Waals surface area contributed by atoms with E-state index in [4.69, 9.17) is 4.74 Å². The summed E-state index contributed by atoms with van der Waals surface area (Å²) in [5, 5.41) is 0.498. The number of imidazole rings is 1. The van der Waals surface area contributed by atoms with E-state index in [0.29, 0.717) is 35.0 Å². The minimum atomic E-state index is -4.45. The Labute approximate surface area is 208 Å². The van der Waals surface area contributed by atoms with E-state index in [-0.39, 0.29) is 23.3 Å². The van der Waals surface area contributed by atoms with E-state index in [1.807, 2.05) is 34.9 Å². The predicted molar refractivity (Wildman–Crippen MR) is 132 cm³/mol. The van der Waals surface area contributed by atoms with Crippen molar-refractivity contribution in [1.82, 2.24) is 9.55 Å². The molecule has 1 aliphatic carbocycles. The van der Waals surface area contributed by atoms with Crippen LogP contribution in [0.1, 0.15) is 51.2 Å². The van der Waals surface area contributed by atoms with Crippen LogP contribution in [0.2, 0.25) is 0 Å². The van der Waals surface area contributed by atoms with Crippen LogP contribution in [0.3, 0.4) is 0 Å². The smallest absolute Gasteiger partial charge is 0.416 e. The number of hydrogen-bond acceptors (Lipinski definition) is 4. The maximum Gasteiger partial charge on any atom is 0.416 e. The number of alkyl halides is 3. The van der Waals surface area contributed by atoms with E-state index >= 15 is 0 Å². The number of esters is 1. The van der Waals surface area contributed by atoms with Crippen LogP contribution < -0.4 is 0 Å². The molecule has 0 spiro atoms. The zero-order chi connectivity index (χ0) is 25.2. The fourth-order valence-corrected chi connectivity index (χ4v) is 5.69. The first kappa shape index (κ1) is 25.6. The Hall–Kier alpha value is -2.48. The quantitative estimate of drug-likeness (QED) is 0.252. The van der Waals surface area contributed by atoms with E-state index in [1.165, 1.54) is 17.8 Å². The highest BCUT2D eigenvalue weighted by molar-refractivity contribution is 7.99. The van der Waals surface area contributed by atoms with Crippen LogP contribution in [0.5, 0.6) is 0 Å². The molecule has 0 aliphatic heterocycles. The Kier molecular flexibility index (Phi) is 7.79. The molecule has 188 valence electrons. The molecule has 0 bridgehead atoms. The van der Waals surface area contributed by atoms with E-state index in [2.05, 4.69) is 25.8 Å². The molecule has 0 unspecified atom stereocenters. The van der Waals surface area contributed by atoms with Gasteiger partial charge in [-0.15, -0.1) is 0 Å². The lowest BCUT2D eigenvalue weighted by Crippen LogP contribution is -2.36. The van der Waals surface area contributed by atoms with Gasteiger partial charge in [-0.2, -0.15) is 13.2 Å². The molecular weight excluding hydrogens is 473 g/mol. The summed E-state index contributed by atoms with van der Waals surface area (Å²) in [6.45, 7) is 6.96. The van der Waals surface area contributed by atoms with Gasteiger partial charge in [0.15, 0.2) is 5.16 Å². The van der Waals surface area contributed by atoms with Gasteiger partial charge in [0, 0.05) is 0 Å². The second-order valence-electron chi connectivity index (χ2n) is 9.81. The number of aromatic nitrogens is 2. The second kappa shape index (κ2) is 10.6. The lowest BCUT2D eigenvalue weighted by molar-refractivity contribution is -0.152. The summed E-state index contributed by atoms with van der Waals surface area (Å²) in [7, 11) is 0. The van der Waals surface area contributed by atoms with Gasteiger partial charge in [0.1, 0.15) is 6.10 Å². The van der Waals surface area contributed by atoms with Crippen molar-refractivity contribution in [2.45, 2.75) is 64.0 Å². The van der Waals surface area contributed by atoms with E-state index < -0.39 is 11.7 Å². The number of fused-ring (bicyclic) bond motifs is 1. The fraction of sp³-hybridized carbons (Fsp3) is 0.481. The van der Waals surface area contributed by atoms with Gasteiger partial charge >= 0.3 is 12.1 Å². The average molecular weight is 505 g/mol. The zero-order valence-electron chi connectivity index (χ0n) is 20.2. The third kappa shape index (κ3) is 6.21. The zero-order valence-corrected chi connectivity index (χ0v) is 21.0. The number of carbonyl (C=O) groups is 1. The van der Waals surface area contributed by atoms with Gasteiger partial charge in [0.25, 0.3) is 0 Å². The van der Waals surface area contributed by atoms with Crippen LogP contribution in [-0.4, -0.2) is 27.4 Å². The first-order chi connectivity index (χ1) is 16.6. The first-order valence-electron chi connectivity index (χ1n) is 12.1. The molecule has 0 saturated heterocycles. The molecular formula is C27H31F3N2O2S. The standard InChI is InChI=1S/C27H31F3N2O2S/c1-17(2)21-11-9-18(3)13-24(21)34-25(33)16-35-26-31-22-14-20(27(28,29)30)10-12-23(22)32(26)15-19-7-5-4-6-8-19/h4-8,10,12,14,17-18,21,24H,9,11,13,15-16H2,1-3H3/t18-,21-,24-/m0/s1. The summed E-state index contributed by atoms with van der Waals surface area (Å²) in [5.74, 6) is 1.05. The molecule has 0 N–H and O–H groups in total. The minimum absolute atomic E-state index is 0.0555. The summed E-state index contributed by atoms with van der Waals surface area (Å²) in [5.41, 5.74) is 1.11. The Balaban J connectivity index is 1.55. The Morgan fingerprint density at radius 3 is 2.60 bits per heavy atom. The van der Waals surface area contributed by atoms with Crippen LogP contribution in [-0.2, 0) is 22.3 Å². The fourth-order valence-electron chi connectivity index (χ4n) is 4.89. The van der Waals surface area contributed by atoms with Gasteiger partial charge in [0.2, 0.25) is 0 Å². The molecule has 4 nitrogen and oxygen atoms in total. The van der Waals surface area contributed by atoms with Gasteiger partial charge in [-0.25, -0.2) is 4.98 Å². The monoisotopic (exact) mass is 504 g/mol. The number of thioether (sulfide) groups is 1. The van der Waals surface area contributed by atoms with Gasteiger partial charge in [-0.1, -0.05) is 69.3 Å². The van der Waals surface area contributed by atoms with Crippen molar-refractivity contribution in [1.29, 1.82) is 0 Å². The normalized spacial score (nSPS) is 20.9. The molecule has 2 aromatic carbocycles. The average Bonchev–Trinajstić information content (AvgIpc) is 3.14. The van der Waals surface area contributed by atoms with Crippen LogP contribution >= 0.6 is 11.8 Å². The van der Waals surface area contributed by atoms with Gasteiger partial charge in [-0.05, 0) is 54.4 Å². The minimum Gasteiger partial charge on any atom is -0.461 e. The number of nitrogens with zero attached hydrogens (tertiary/aromatic N) is 2. The first-order valence-corrected chi connectivity index (χ1v) is 13.0. The van der Waals surface area contributed by atoms with Crippen LogP contribution in [0.25, 0.3) is 11.0 Å². The number of rotatable bonds is 7. The van der Waals surface area contributed by atoms with E-state index in [0.717, 1.165) is 37.0 Å². The van der Waals surface area contributed by atoms with Crippen molar-refractivity contribution >= 4 is 28.8 Å². The SMILES string of the molecule is CC(C)[C@@H]1CC[C@H](C)C[C@@H]1OC(=O)CSc1nc2cc(C(F)(F)F)ccc2n1Cc1ccccc1. The molecule has 3 aromatic rings. The Morgan fingerprint density at radius 2 is 1.91 bits per heavy atom. The van der Waals surface area contributed by atoms with Gasteiger partial charge in [0.05, 0.1) is 28.9 Å². The molecule has 0 radical (unpaired) electrons. The van der Waals surface area contributed by atoms with Crippen molar-refractivity contribution in [3.63, 3.8) is 0 Å². The number of carbonyl (C=O) groups excluding carboxylic acids is 1. The van der Waals surface area contributed by atoms with E-state index in [9.17, 15) is 18.0 Å². The third-order valence-electron chi connectivity index (χ3n) is 6.79. The van der Waals surface area contributed by atoms with Crippen LogP contribution in [0.15, 0.2) is 53.7 Å². The summed E-state index contributed by atoms with van der Waals surface area (Å²) in [6, 6.07) is 13.2. The Bertz CT molecular complexity index is 1160. The topological polar surface area (TPSA) is 44.1 Å². The summed E-state index contributed by atoms with van der Waals surface area (Å²) in [4.78, 5) is 17.3. The van der Waals surface area contributed by atoms with Crippen molar-refractivity contribution in [3.8, 4) is 0 Å². The molecule has 1 aromatic heterocycles. The maximum atomic E-state index is 13.3. The van der Waals surface area contributed by atoms with Crippen LogP contribution in [0, 0.1) is 17.8 Å². The predicted octanol–water partition coefficient (Wildman–Crippen LogP) is 7.20. The molecule has 1 fully saturated rings. The van der Waals surface area contributed by atoms with Crippen LogP contribution in [0.4, 0.5) is 13.2 Å². The van der Waals surface area contributed by atoms with Gasteiger partial charge in [-0.3, -0.25) is 4.79 Å². The summed E-state index contributed by atoms with van der Waals surface area (Å²) >= 11 is 1.21. The van der Waals surface area contributed by atoms with Gasteiger partial charge < -0.3 is 9.30 Å². The molecule has 0 amide bonds. The largest absolute Gasteiger partial charge is 0.461 e. The highest BCUT2D eigenvalue weighted by Crippen LogP contribution is 2.36. The Morgan fingerprint density at radius 1 is 1.17 bits per heavy atom. The lowest BCUT2D eigenvalue weighted by Gasteiger charge is -2.36. The van der Waals surface area contributed by atoms with E-state index in [1.54, 1.807) is 0 Å². The second-order valence-corrected chi connectivity index (χ2v) is 10.8. The highest BCUT2D eigenvalue weighted by Gasteiger charge is 2.34. The van der Waals surface area contributed by atoms with Crippen molar-refractivity contribution in [2.75, 3.05) is 5.75 Å². The summed E-state index contributed by atoms with van der Waals surface area (Å²) < 4.78 is 47.6. The molecule has 3 atom stereocenters. The molecule has 1 aliphatic rings. The number of ether oxygens (including phenoxy) is 1. The molecule has 1 saturated carbocycles. The van der Waals surface area contributed by atoms with Crippen molar-refractivity contribution < 1.29 is 22.7 Å². The summed E-state index contributed by atoms with van der Waals surface area (Å²) in [6.07, 6.45) is -1.47. The van der Waals surface area contributed by atoms with Crippen molar-refractivity contribution in [3.05, 3.63) is 59.7 Å². The van der Waals surface area contributed by atoms with Crippen molar-refractivity contribution in [2.24, 2.45) is 17.8 Å². The highest BCUT2D eigenvalue weighted by atomic mass is 32.2. The molecule has 4 rings (SSSR count). The maximum absolute atomic E-state index is 13.3. The molecule has 1 heterocycles. The lowest BCUT2D eigenvalue weighted by atomic mass is 9.75. The number of hydrogen-bond donors (Lipinski definition) is 0.